The van der Waals surface area contributed by atoms with Gasteiger partial charge in [-0.25, -0.2) is 29.9 Å². The van der Waals surface area contributed by atoms with E-state index in [0.29, 0.717) is 50.4 Å². The summed E-state index contributed by atoms with van der Waals surface area (Å²) in [5, 5.41) is 15.2. The van der Waals surface area contributed by atoms with Gasteiger partial charge >= 0.3 is 0 Å². The number of carbonyl (C=O) groups excluding carboxylic acids is 2. The summed E-state index contributed by atoms with van der Waals surface area (Å²) >= 11 is 12.9. The average molecular weight is 955 g/mol. The molecule has 5 heterocycles. The minimum Gasteiger partial charge on any atom is -0.384 e. The van der Waals surface area contributed by atoms with E-state index in [-0.39, 0.29) is 50.8 Å². The Kier molecular flexibility index (Phi) is 15.9. The number of benzene rings is 2. The highest BCUT2D eigenvalue weighted by molar-refractivity contribution is 6.33. The quantitative estimate of drug-likeness (QED) is 0.0680. The topological polar surface area (TPSA) is 227 Å². The van der Waals surface area contributed by atoms with Crippen LogP contribution in [-0.4, -0.2) is 70.9 Å². The van der Waals surface area contributed by atoms with Gasteiger partial charge < -0.3 is 37.7 Å². The van der Waals surface area contributed by atoms with E-state index in [9.17, 15) is 9.59 Å². The van der Waals surface area contributed by atoms with Gasteiger partial charge in [0.05, 0.1) is 45.0 Å². The van der Waals surface area contributed by atoms with Crippen LogP contribution in [0.4, 0.5) is 23.5 Å². The molecule has 17 heteroatoms. The second-order valence-corrected chi connectivity index (χ2v) is 17.6. The molecule has 0 radical (unpaired) electrons. The van der Waals surface area contributed by atoms with Crippen molar-refractivity contribution in [1.82, 2.24) is 45.5 Å². The molecule has 3 aliphatic carbocycles. The molecular formula is C51H57Cl2N13O2. The Balaban J connectivity index is 0.000000196. The summed E-state index contributed by atoms with van der Waals surface area (Å²) in [6, 6.07) is 23.4. The second kappa shape index (κ2) is 22.1. The van der Waals surface area contributed by atoms with Gasteiger partial charge in [0.25, 0.3) is 11.8 Å². The number of pyridine rings is 2. The third kappa shape index (κ3) is 11.5. The molecule has 0 bridgehead atoms. The number of nitrogens with two attached hydrogens (primary N) is 2. The zero-order valence-electron chi connectivity index (χ0n) is 36.0. The standard InChI is InChI=1S/C25H25ClN6O.C24H24ClN7O.2CH4/c26-21-14-29-25(32-23(21)20-10-8-15-4-1-2-7-19(15)20)31-18-6-3-5-17(12-18)30-24(33)16-9-11-22(27)28-13-16;25-19-13-29-24(32-22(19)18-12-27-20-7-2-1-6-17(18)20)31-16-5-3-4-15(10-16)30-23(33)14-8-9-21(26)28-11-14;;/h1-2,4,7,9-11,13-14,17-18H,3,5-6,8,12H2,(H2,27,28)(H,30,33)(H,29,31,32);1-2,6-9,11-13,15-16,27H,3-5,10H2,(H2,26,28)(H,30,33)(H,29,31,32);2*1H4/t17-,18+;15-,16+;;/m00../s1. The Labute approximate surface area is 406 Å². The van der Waals surface area contributed by atoms with E-state index in [2.05, 4.69) is 64.4 Å². The Morgan fingerprint density at radius 3 is 1.72 bits per heavy atom. The molecule has 0 spiro atoms. The summed E-state index contributed by atoms with van der Waals surface area (Å²) in [5.41, 5.74) is 19.1. The van der Waals surface area contributed by atoms with Crippen LogP contribution < -0.4 is 32.7 Å². The van der Waals surface area contributed by atoms with Crippen molar-refractivity contribution in [1.29, 1.82) is 0 Å². The van der Waals surface area contributed by atoms with Crippen LogP contribution in [0.2, 0.25) is 10.0 Å². The predicted octanol–water partition coefficient (Wildman–Crippen LogP) is 9.93. The number of aromatic amines is 1. The molecule has 2 fully saturated rings. The normalized spacial score (nSPS) is 18.3. The second-order valence-electron chi connectivity index (χ2n) is 16.8. The van der Waals surface area contributed by atoms with Crippen LogP contribution in [0.3, 0.4) is 0 Å². The lowest BCUT2D eigenvalue weighted by Crippen LogP contribution is -2.42. The first-order chi connectivity index (χ1) is 32.1. The van der Waals surface area contributed by atoms with Crippen LogP contribution in [0.5, 0.6) is 0 Å². The molecule has 10 rings (SSSR count). The predicted molar refractivity (Wildman–Crippen MR) is 274 cm³/mol. The number of fused-ring (bicyclic) bond motifs is 2. The maximum absolute atomic E-state index is 12.6. The summed E-state index contributed by atoms with van der Waals surface area (Å²) in [6.07, 6.45) is 18.6. The molecule has 4 atom stereocenters. The summed E-state index contributed by atoms with van der Waals surface area (Å²) in [5.74, 6) is 1.59. The lowest BCUT2D eigenvalue weighted by atomic mass is 9.91. The van der Waals surface area contributed by atoms with Crippen LogP contribution in [-0.2, 0) is 6.42 Å². The molecule has 2 amide bonds. The molecule has 3 aliphatic rings. The largest absolute Gasteiger partial charge is 0.384 e. The summed E-state index contributed by atoms with van der Waals surface area (Å²) in [6.45, 7) is 0. The number of nitrogen functional groups attached to an aromatic ring is 2. The minimum atomic E-state index is -0.141. The first kappa shape index (κ1) is 48.8. The first-order valence-electron chi connectivity index (χ1n) is 22.1. The number of nitrogens with zero attached hydrogens (tertiary/aromatic N) is 6. The minimum absolute atomic E-state index is 0. The number of halogens is 2. The fraction of sp³-hybridized carbons (Fsp3) is 0.294. The van der Waals surface area contributed by atoms with Crippen molar-refractivity contribution in [3.8, 4) is 11.3 Å². The SMILES string of the molecule is C.C.Nc1ccc(C(=O)N[C@H]2CCC[C@@H](Nc3ncc(Cl)c(-c4c[nH]c5ccccc45)n3)C2)cn1.Nc1ccc(C(=O)N[C@H]2CCC[C@@H](Nc3ncc(Cl)c(C4=CCc5ccccc54)n3)C2)cn1. The van der Waals surface area contributed by atoms with Crippen LogP contribution in [0.15, 0.2) is 110 Å². The maximum atomic E-state index is 12.6. The van der Waals surface area contributed by atoms with Crippen molar-refractivity contribution in [2.45, 2.75) is 96.8 Å². The maximum Gasteiger partial charge on any atom is 0.253 e. The molecule has 0 saturated heterocycles. The van der Waals surface area contributed by atoms with E-state index in [1.165, 1.54) is 23.5 Å². The van der Waals surface area contributed by atoms with E-state index < -0.39 is 0 Å². The Morgan fingerprint density at radius 1 is 0.603 bits per heavy atom. The molecule has 5 aromatic heterocycles. The van der Waals surface area contributed by atoms with Gasteiger partial charge in [-0.2, -0.15) is 0 Å². The van der Waals surface area contributed by atoms with Gasteiger partial charge in [-0.15, -0.1) is 0 Å². The van der Waals surface area contributed by atoms with Crippen molar-refractivity contribution in [3.05, 3.63) is 148 Å². The van der Waals surface area contributed by atoms with E-state index in [1.807, 2.05) is 42.6 Å². The van der Waals surface area contributed by atoms with Crippen LogP contribution >= 0.6 is 23.2 Å². The van der Waals surface area contributed by atoms with Gasteiger partial charge in [-0.3, -0.25) is 9.59 Å². The Morgan fingerprint density at radius 2 is 1.13 bits per heavy atom. The van der Waals surface area contributed by atoms with Crippen LogP contribution in [0, 0.1) is 0 Å². The number of amides is 2. The smallest absolute Gasteiger partial charge is 0.253 e. The number of aromatic nitrogens is 7. The number of hydrogen-bond acceptors (Lipinski definition) is 12. The van der Waals surface area contributed by atoms with Gasteiger partial charge in [0.2, 0.25) is 11.9 Å². The molecule has 2 saturated carbocycles. The fourth-order valence-corrected chi connectivity index (χ4v) is 9.30. The van der Waals surface area contributed by atoms with E-state index in [4.69, 9.17) is 44.6 Å². The lowest BCUT2D eigenvalue weighted by Gasteiger charge is -2.30. The zero-order chi connectivity index (χ0) is 45.6. The van der Waals surface area contributed by atoms with Gasteiger partial charge in [0, 0.05) is 64.8 Å². The van der Waals surface area contributed by atoms with Gasteiger partial charge in [-0.1, -0.05) is 86.6 Å². The number of H-pyrrole nitrogens is 1. The molecule has 0 aliphatic heterocycles. The van der Waals surface area contributed by atoms with E-state index >= 15 is 0 Å². The van der Waals surface area contributed by atoms with Crippen LogP contribution in [0.1, 0.15) is 104 Å². The van der Waals surface area contributed by atoms with Crippen molar-refractivity contribution in [2.24, 2.45) is 0 Å². The van der Waals surface area contributed by atoms with Crippen molar-refractivity contribution < 1.29 is 9.59 Å². The highest BCUT2D eigenvalue weighted by atomic mass is 35.5. The lowest BCUT2D eigenvalue weighted by molar-refractivity contribution is 0.0917. The number of allylic oxidation sites excluding steroid dienone is 1. The Hall–Kier alpha value is -7.10. The Bertz CT molecular complexity index is 2890. The van der Waals surface area contributed by atoms with Gasteiger partial charge in [0.15, 0.2) is 0 Å². The summed E-state index contributed by atoms with van der Waals surface area (Å²) < 4.78 is 0. The van der Waals surface area contributed by atoms with Crippen molar-refractivity contribution in [3.63, 3.8) is 0 Å². The molecule has 0 unspecified atom stereocenters. The average Bonchev–Trinajstić information content (AvgIpc) is 3.96. The first-order valence-corrected chi connectivity index (χ1v) is 22.9. The molecule has 7 aromatic rings. The molecule has 15 nitrogen and oxygen atoms in total. The van der Waals surface area contributed by atoms with Gasteiger partial charge in [0.1, 0.15) is 11.6 Å². The van der Waals surface area contributed by atoms with E-state index in [1.54, 1.807) is 36.7 Å². The monoisotopic (exact) mass is 953 g/mol. The third-order valence-corrected chi connectivity index (χ3v) is 12.8. The number of hydrogen-bond donors (Lipinski definition) is 7. The molecule has 2 aromatic carbocycles. The fourth-order valence-electron chi connectivity index (χ4n) is 8.91. The third-order valence-electron chi connectivity index (χ3n) is 12.2. The summed E-state index contributed by atoms with van der Waals surface area (Å²) in [7, 11) is 0. The number of rotatable bonds is 10. The van der Waals surface area contributed by atoms with Gasteiger partial charge in [-0.05, 0) is 99.2 Å². The van der Waals surface area contributed by atoms with Crippen molar-refractivity contribution in [2.75, 3.05) is 22.1 Å². The van der Waals surface area contributed by atoms with Crippen molar-refractivity contribution >= 4 is 75.0 Å². The van der Waals surface area contributed by atoms with Crippen LogP contribution in [0.25, 0.3) is 27.7 Å². The number of para-hydroxylation sites is 1. The molecule has 9 N–H and O–H groups in total. The number of carbonyl (C=O) groups is 2. The molecule has 68 heavy (non-hydrogen) atoms. The highest BCUT2D eigenvalue weighted by Gasteiger charge is 2.27. The van der Waals surface area contributed by atoms with E-state index in [0.717, 1.165) is 85.5 Å². The molecular weight excluding hydrogens is 898 g/mol. The highest BCUT2D eigenvalue weighted by Crippen LogP contribution is 2.36. The number of nitrogens with one attached hydrogen (secondary N) is 5. The molecule has 352 valence electrons. The summed E-state index contributed by atoms with van der Waals surface area (Å²) in [4.78, 5) is 54.7. The zero-order valence-corrected chi connectivity index (χ0v) is 37.5. The number of anilines is 4.